The Bertz CT molecular complexity index is 1330. The first-order valence-corrected chi connectivity index (χ1v) is 13.7. The summed E-state index contributed by atoms with van der Waals surface area (Å²) in [5, 5.41) is 11.1. The van der Waals surface area contributed by atoms with Crippen molar-refractivity contribution in [1.29, 1.82) is 0 Å². The molecule has 3 aromatic rings. The molecule has 7 rings (SSSR count). The van der Waals surface area contributed by atoms with Crippen LogP contribution in [0.4, 0.5) is 0 Å². The molecule has 0 N–H and O–H groups in total. The van der Waals surface area contributed by atoms with Crippen molar-refractivity contribution in [2.45, 2.75) is 43.7 Å². The van der Waals surface area contributed by atoms with Crippen molar-refractivity contribution < 1.29 is 19.1 Å². The molecule has 4 heterocycles. The van der Waals surface area contributed by atoms with Gasteiger partial charge < -0.3 is 19.2 Å². The molecule has 2 aromatic carbocycles. The predicted octanol–water partition coefficient (Wildman–Crippen LogP) is 2.37. The largest absolute Gasteiger partial charge is 0.462 e. The highest BCUT2D eigenvalue weighted by atomic mass is 16.5. The topological polar surface area (TPSA) is 103 Å². The summed E-state index contributed by atoms with van der Waals surface area (Å²) in [5.74, 6) is -0.141. The molecule has 1 aliphatic carbocycles. The molecule has 2 saturated heterocycles. The molecule has 3 atom stereocenters. The van der Waals surface area contributed by atoms with E-state index in [4.69, 9.17) is 9.47 Å². The molecule has 10 nitrogen and oxygen atoms in total. The number of ether oxygens (including phenoxy) is 2. The van der Waals surface area contributed by atoms with Crippen LogP contribution in [0, 0.1) is 0 Å². The predicted molar refractivity (Wildman–Crippen MR) is 143 cm³/mol. The van der Waals surface area contributed by atoms with Gasteiger partial charge in [-0.3, -0.25) is 4.90 Å². The molecule has 0 spiro atoms. The number of hydrogen-bond donors (Lipinski definition) is 0. The van der Waals surface area contributed by atoms with Crippen LogP contribution in [0.5, 0.6) is 0 Å². The standard InChI is InChI=1S/C17H22N2O3.C12H12N4O/c1-18-5-6-19-10-16(22-11-14(19)9-18)13-2-3-15-12(8-13)4-7-21-17(15)20;17-7-10-3-1-2-9-6-11(4-5-12(9)10)16-8-13-14-15-16/h2-3,8,14,16H,4-7,9-11H2,1H3;4-8,10H,1-3H2. The highest BCUT2D eigenvalue weighted by Crippen LogP contribution is 2.32. The van der Waals surface area contributed by atoms with Crippen LogP contribution in [0.3, 0.4) is 0 Å². The number of piperazine rings is 1. The van der Waals surface area contributed by atoms with Crippen LogP contribution in [-0.2, 0) is 27.1 Å². The van der Waals surface area contributed by atoms with E-state index in [2.05, 4.69) is 44.5 Å². The van der Waals surface area contributed by atoms with Gasteiger partial charge in [0.2, 0.25) is 0 Å². The Morgan fingerprint density at radius 1 is 1.05 bits per heavy atom. The van der Waals surface area contributed by atoms with Crippen LogP contribution in [0.25, 0.3) is 5.69 Å². The summed E-state index contributed by atoms with van der Waals surface area (Å²) in [4.78, 5) is 27.6. The number of benzene rings is 2. The average molecular weight is 531 g/mol. The van der Waals surface area contributed by atoms with Crippen molar-refractivity contribution in [2.24, 2.45) is 0 Å². The van der Waals surface area contributed by atoms with Crippen molar-refractivity contribution in [2.75, 3.05) is 46.4 Å². The number of esters is 1. The van der Waals surface area contributed by atoms with E-state index in [0.717, 1.165) is 81.6 Å². The number of likely N-dealkylation sites (N-methyl/N-ethyl adjacent to an activating group) is 1. The molecule has 3 aliphatic heterocycles. The lowest BCUT2D eigenvalue weighted by molar-refractivity contribution is -0.109. The van der Waals surface area contributed by atoms with Crippen molar-refractivity contribution in [3.63, 3.8) is 0 Å². The number of fused-ring (bicyclic) bond motifs is 3. The number of morpholine rings is 1. The summed E-state index contributed by atoms with van der Waals surface area (Å²) in [7, 11) is 2.17. The van der Waals surface area contributed by atoms with Gasteiger partial charge in [-0.25, -0.2) is 9.48 Å². The summed E-state index contributed by atoms with van der Waals surface area (Å²) in [5.41, 5.74) is 6.33. The summed E-state index contributed by atoms with van der Waals surface area (Å²) in [6.07, 6.45) is 6.59. The summed E-state index contributed by atoms with van der Waals surface area (Å²) >= 11 is 0. The minimum atomic E-state index is -0.198. The smallest absolute Gasteiger partial charge is 0.338 e. The summed E-state index contributed by atoms with van der Waals surface area (Å²) < 4.78 is 12.8. The van der Waals surface area contributed by atoms with E-state index in [-0.39, 0.29) is 18.0 Å². The Morgan fingerprint density at radius 3 is 2.82 bits per heavy atom. The number of cyclic esters (lactones) is 1. The maximum atomic E-state index is 11.7. The Hall–Kier alpha value is -3.47. The third-order valence-corrected chi connectivity index (χ3v) is 8.29. The molecule has 0 radical (unpaired) electrons. The molecule has 204 valence electrons. The lowest BCUT2D eigenvalue weighted by Gasteiger charge is -2.45. The molecule has 10 heteroatoms. The number of rotatable bonds is 3. The first-order valence-electron chi connectivity index (χ1n) is 13.7. The average Bonchev–Trinajstić information content (AvgIpc) is 3.52. The zero-order valence-electron chi connectivity index (χ0n) is 22.2. The van der Waals surface area contributed by atoms with Gasteiger partial charge in [0.05, 0.1) is 30.6 Å². The molecule has 39 heavy (non-hydrogen) atoms. The SMILES string of the molecule is CN1CCN2CC(c3ccc4c(c3)CCOC4=O)OCC2C1.O=CC1CCCc2cc(-n3cnnn3)ccc21. The van der Waals surface area contributed by atoms with Crippen molar-refractivity contribution in [3.8, 4) is 5.69 Å². The number of carbonyl (C=O) groups excluding carboxylic acids is 2. The Morgan fingerprint density at radius 2 is 1.97 bits per heavy atom. The molecule has 1 aromatic heterocycles. The molecular weight excluding hydrogens is 496 g/mol. The van der Waals surface area contributed by atoms with E-state index >= 15 is 0 Å². The maximum absolute atomic E-state index is 11.7. The third kappa shape index (κ3) is 5.50. The minimum Gasteiger partial charge on any atom is -0.462 e. The number of hydrogen-bond acceptors (Lipinski definition) is 9. The second kappa shape index (κ2) is 11.3. The van der Waals surface area contributed by atoms with E-state index < -0.39 is 0 Å². The Balaban J connectivity index is 0.000000147. The Labute approximate surface area is 227 Å². The lowest BCUT2D eigenvalue weighted by atomic mass is 9.83. The molecule has 0 saturated carbocycles. The molecular formula is C29H34N6O4. The number of aryl methyl sites for hydroxylation is 1. The van der Waals surface area contributed by atoms with Crippen molar-refractivity contribution in [3.05, 3.63) is 70.5 Å². The van der Waals surface area contributed by atoms with E-state index in [1.165, 1.54) is 11.1 Å². The van der Waals surface area contributed by atoms with Gasteiger partial charge in [-0.05, 0) is 77.2 Å². The fraction of sp³-hybridized carbons (Fsp3) is 0.483. The van der Waals surface area contributed by atoms with Gasteiger partial charge in [0, 0.05) is 44.6 Å². The van der Waals surface area contributed by atoms with Gasteiger partial charge >= 0.3 is 5.97 Å². The van der Waals surface area contributed by atoms with Crippen LogP contribution in [0.15, 0.2) is 42.7 Å². The monoisotopic (exact) mass is 530 g/mol. The number of nitrogens with zero attached hydrogens (tertiary/aromatic N) is 6. The number of aromatic nitrogens is 4. The van der Waals surface area contributed by atoms with Crippen LogP contribution in [0.1, 0.15) is 57.5 Å². The molecule has 4 aliphatic rings. The molecule has 0 amide bonds. The highest BCUT2D eigenvalue weighted by molar-refractivity contribution is 5.92. The molecule has 3 unspecified atom stereocenters. The van der Waals surface area contributed by atoms with Crippen LogP contribution in [-0.4, -0.2) is 94.7 Å². The van der Waals surface area contributed by atoms with Crippen LogP contribution >= 0.6 is 0 Å². The summed E-state index contributed by atoms with van der Waals surface area (Å²) in [6.45, 7) is 5.54. The second-order valence-electron chi connectivity index (χ2n) is 10.8. The fourth-order valence-corrected chi connectivity index (χ4v) is 6.09. The maximum Gasteiger partial charge on any atom is 0.338 e. The van der Waals surface area contributed by atoms with Crippen molar-refractivity contribution in [1.82, 2.24) is 30.0 Å². The Kier molecular flexibility index (Phi) is 7.49. The van der Waals surface area contributed by atoms with Gasteiger partial charge in [0.15, 0.2) is 0 Å². The lowest BCUT2D eigenvalue weighted by Crippen LogP contribution is -2.57. The first-order chi connectivity index (χ1) is 19.1. The number of aldehydes is 1. The molecule has 2 fully saturated rings. The zero-order chi connectivity index (χ0) is 26.8. The van der Waals surface area contributed by atoms with Crippen molar-refractivity contribution >= 4 is 12.3 Å². The fourth-order valence-electron chi connectivity index (χ4n) is 6.09. The number of tetrazole rings is 1. The highest BCUT2D eigenvalue weighted by Gasteiger charge is 2.33. The van der Waals surface area contributed by atoms with Crippen LogP contribution < -0.4 is 0 Å². The van der Waals surface area contributed by atoms with Gasteiger partial charge in [-0.2, -0.15) is 0 Å². The quantitative estimate of drug-likeness (QED) is 0.373. The number of carbonyl (C=O) groups is 2. The second-order valence-corrected chi connectivity index (χ2v) is 10.8. The van der Waals surface area contributed by atoms with E-state index in [0.29, 0.717) is 18.2 Å². The first kappa shape index (κ1) is 25.8. The molecule has 0 bridgehead atoms. The van der Waals surface area contributed by atoms with Gasteiger partial charge in [0.25, 0.3) is 0 Å². The van der Waals surface area contributed by atoms with E-state index in [1.54, 1.807) is 11.0 Å². The van der Waals surface area contributed by atoms with E-state index in [1.807, 2.05) is 24.3 Å². The summed E-state index contributed by atoms with van der Waals surface area (Å²) in [6, 6.07) is 12.6. The van der Waals surface area contributed by atoms with E-state index in [9.17, 15) is 9.59 Å². The normalized spacial score (nSPS) is 24.8. The van der Waals surface area contributed by atoms with Crippen LogP contribution in [0.2, 0.25) is 0 Å². The van der Waals surface area contributed by atoms with Gasteiger partial charge in [-0.1, -0.05) is 18.2 Å². The van der Waals surface area contributed by atoms with Gasteiger partial charge in [-0.15, -0.1) is 5.10 Å². The third-order valence-electron chi connectivity index (χ3n) is 8.29. The zero-order valence-corrected chi connectivity index (χ0v) is 22.2. The van der Waals surface area contributed by atoms with Gasteiger partial charge in [0.1, 0.15) is 12.6 Å². The minimum absolute atomic E-state index is 0.0571.